The molecule has 0 heterocycles. The molecule has 0 aliphatic carbocycles. The van der Waals surface area contributed by atoms with Crippen LogP contribution in [0.5, 0.6) is 5.75 Å². The molecule has 2 N–H and O–H groups in total. The molecule has 5 heteroatoms. The molecule has 0 radical (unpaired) electrons. The minimum absolute atomic E-state index is 0.0462. The minimum Gasteiger partial charge on any atom is -0.484 e. The van der Waals surface area contributed by atoms with Crippen LogP contribution in [0.4, 0.5) is 4.39 Å². The maximum atomic E-state index is 13.4. The van der Waals surface area contributed by atoms with Crippen LogP contribution in [0.3, 0.4) is 0 Å². The number of halogens is 1. The molecule has 0 aliphatic heterocycles. The average Bonchev–Trinajstić information content (AvgIpc) is 2.32. The number of rotatable bonds is 5. The van der Waals surface area contributed by atoms with E-state index < -0.39 is 0 Å². The molecule has 0 aliphatic rings. The average molecular weight is 268 g/mol. The van der Waals surface area contributed by atoms with Crippen LogP contribution in [-0.2, 0) is 11.3 Å². The standard InChI is InChI=1S/C14H21FN2O2/c1-14(2,3)17-8-10-5-11(15)7-12(6-10)19-9-13(18)16-4/h5-7,17H,8-9H2,1-4H3,(H,16,18). The summed E-state index contributed by atoms with van der Waals surface area (Å²) >= 11 is 0. The summed E-state index contributed by atoms with van der Waals surface area (Å²) in [6, 6.07) is 4.44. The molecular weight excluding hydrogens is 247 g/mol. The largest absolute Gasteiger partial charge is 0.484 e. The Morgan fingerprint density at radius 3 is 2.58 bits per heavy atom. The van der Waals surface area contributed by atoms with Crippen molar-refractivity contribution in [1.82, 2.24) is 10.6 Å². The summed E-state index contributed by atoms with van der Waals surface area (Å²) in [5, 5.41) is 5.71. The zero-order chi connectivity index (χ0) is 14.5. The van der Waals surface area contributed by atoms with Crippen LogP contribution in [0.25, 0.3) is 0 Å². The Bertz CT molecular complexity index is 442. The minimum atomic E-state index is -0.375. The normalized spacial score (nSPS) is 11.2. The Kier molecular flexibility index (Phi) is 5.30. The van der Waals surface area contributed by atoms with E-state index in [1.807, 2.05) is 20.8 Å². The molecule has 0 unspecified atom stereocenters. The van der Waals surface area contributed by atoms with Crippen LogP contribution in [0, 0.1) is 5.82 Å². The molecular formula is C14H21FN2O2. The van der Waals surface area contributed by atoms with E-state index in [0.29, 0.717) is 12.3 Å². The number of likely N-dealkylation sites (N-methyl/N-ethyl adjacent to an activating group) is 1. The highest BCUT2D eigenvalue weighted by Gasteiger charge is 2.10. The highest BCUT2D eigenvalue weighted by molar-refractivity contribution is 5.77. The van der Waals surface area contributed by atoms with Crippen LogP contribution in [0.15, 0.2) is 18.2 Å². The van der Waals surface area contributed by atoms with Gasteiger partial charge >= 0.3 is 0 Å². The molecule has 0 fully saturated rings. The third-order valence-corrected chi connectivity index (χ3v) is 2.40. The molecule has 0 atom stereocenters. The predicted molar refractivity (Wildman–Crippen MR) is 72.6 cm³/mol. The van der Waals surface area contributed by atoms with Gasteiger partial charge in [-0.1, -0.05) is 0 Å². The topological polar surface area (TPSA) is 50.4 Å². The fraction of sp³-hybridized carbons (Fsp3) is 0.500. The van der Waals surface area contributed by atoms with Gasteiger partial charge in [-0.15, -0.1) is 0 Å². The fourth-order valence-electron chi connectivity index (χ4n) is 1.39. The number of nitrogens with one attached hydrogen (secondary N) is 2. The van der Waals surface area contributed by atoms with Gasteiger partial charge in [0.1, 0.15) is 11.6 Å². The quantitative estimate of drug-likeness (QED) is 0.856. The van der Waals surface area contributed by atoms with Crippen LogP contribution in [0.1, 0.15) is 26.3 Å². The van der Waals surface area contributed by atoms with Crippen molar-refractivity contribution in [3.63, 3.8) is 0 Å². The summed E-state index contributed by atoms with van der Waals surface area (Å²) < 4.78 is 18.7. The van der Waals surface area contributed by atoms with Gasteiger partial charge in [0.2, 0.25) is 0 Å². The second-order valence-electron chi connectivity index (χ2n) is 5.36. The highest BCUT2D eigenvalue weighted by Crippen LogP contribution is 2.17. The zero-order valence-electron chi connectivity index (χ0n) is 11.8. The molecule has 1 amide bonds. The van der Waals surface area contributed by atoms with Gasteiger partial charge in [0, 0.05) is 25.2 Å². The van der Waals surface area contributed by atoms with Crippen LogP contribution in [0.2, 0.25) is 0 Å². The second-order valence-corrected chi connectivity index (χ2v) is 5.36. The van der Waals surface area contributed by atoms with Gasteiger partial charge < -0.3 is 15.4 Å². The molecule has 0 saturated heterocycles. The molecule has 106 valence electrons. The summed E-state index contributed by atoms with van der Waals surface area (Å²) in [6.07, 6.45) is 0. The molecule has 0 spiro atoms. The molecule has 19 heavy (non-hydrogen) atoms. The number of ether oxygens (including phenoxy) is 1. The van der Waals surface area contributed by atoms with Gasteiger partial charge in [0.15, 0.2) is 6.61 Å². The first kappa shape index (κ1) is 15.4. The first-order valence-electron chi connectivity index (χ1n) is 6.18. The van der Waals surface area contributed by atoms with Gasteiger partial charge in [-0.05, 0) is 38.5 Å². The third kappa shape index (κ3) is 6.20. The van der Waals surface area contributed by atoms with Crippen LogP contribution < -0.4 is 15.4 Å². The van der Waals surface area contributed by atoms with E-state index in [4.69, 9.17) is 4.74 Å². The Hall–Kier alpha value is -1.62. The Morgan fingerprint density at radius 2 is 2.00 bits per heavy atom. The number of hydrogen-bond donors (Lipinski definition) is 2. The van der Waals surface area contributed by atoms with Gasteiger partial charge in [-0.3, -0.25) is 4.79 Å². The maximum absolute atomic E-state index is 13.4. The Balaban J connectivity index is 2.68. The smallest absolute Gasteiger partial charge is 0.257 e. The SMILES string of the molecule is CNC(=O)COc1cc(F)cc(CNC(C)(C)C)c1. The number of carbonyl (C=O) groups is 1. The monoisotopic (exact) mass is 268 g/mol. The van der Waals surface area contributed by atoms with E-state index in [0.717, 1.165) is 5.56 Å². The van der Waals surface area contributed by atoms with Crippen molar-refractivity contribution in [3.05, 3.63) is 29.6 Å². The molecule has 0 saturated carbocycles. The van der Waals surface area contributed by atoms with E-state index in [1.54, 1.807) is 6.07 Å². The lowest BCUT2D eigenvalue weighted by Crippen LogP contribution is -2.35. The van der Waals surface area contributed by atoms with Crippen molar-refractivity contribution in [3.8, 4) is 5.75 Å². The Labute approximate surface area is 113 Å². The van der Waals surface area contributed by atoms with Crippen molar-refractivity contribution >= 4 is 5.91 Å². The summed E-state index contributed by atoms with van der Waals surface area (Å²) in [5.41, 5.74) is 0.733. The lowest BCUT2D eigenvalue weighted by atomic mass is 10.1. The zero-order valence-corrected chi connectivity index (χ0v) is 11.8. The summed E-state index contributed by atoms with van der Waals surface area (Å²) in [5.74, 6) is -0.270. The van der Waals surface area contributed by atoms with Gasteiger partial charge in [0.25, 0.3) is 5.91 Å². The Morgan fingerprint density at radius 1 is 1.32 bits per heavy atom. The van der Waals surface area contributed by atoms with E-state index in [9.17, 15) is 9.18 Å². The van der Waals surface area contributed by atoms with E-state index >= 15 is 0 Å². The van der Waals surface area contributed by atoms with E-state index in [-0.39, 0.29) is 23.9 Å². The second kappa shape index (κ2) is 6.52. The number of carbonyl (C=O) groups excluding carboxylic acids is 1. The molecule has 1 aromatic rings. The van der Waals surface area contributed by atoms with Gasteiger partial charge in [-0.2, -0.15) is 0 Å². The fourth-order valence-corrected chi connectivity index (χ4v) is 1.39. The summed E-state index contributed by atoms with van der Waals surface area (Å²) in [7, 11) is 1.52. The lowest BCUT2D eigenvalue weighted by Gasteiger charge is -2.20. The molecule has 1 aromatic carbocycles. The predicted octanol–water partition coefficient (Wildman–Crippen LogP) is 1.84. The third-order valence-electron chi connectivity index (χ3n) is 2.40. The summed E-state index contributed by atoms with van der Waals surface area (Å²) in [6.45, 7) is 6.53. The molecule has 0 bridgehead atoms. The van der Waals surface area contributed by atoms with Gasteiger partial charge in [0.05, 0.1) is 0 Å². The van der Waals surface area contributed by atoms with Crippen LogP contribution in [-0.4, -0.2) is 25.1 Å². The molecule has 1 rings (SSSR count). The molecule has 0 aromatic heterocycles. The summed E-state index contributed by atoms with van der Waals surface area (Å²) in [4.78, 5) is 11.1. The highest BCUT2D eigenvalue weighted by atomic mass is 19.1. The van der Waals surface area contributed by atoms with Crippen molar-refractivity contribution in [1.29, 1.82) is 0 Å². The maximum Gasteiger partial charge on any atom is 0.257 e. The molecule has 4 nitrogen and oxygen atoms in total. The van der Waals surface area contributed by atoms with Crippen LogP contribution >= 0.6 is 0 Å². The van der Waals surface area contributed by atoms with Crippen molar-refractivity contribution < 1.29 is 13.9 Å². The first-order chi connectivity index (χ1) is 8.80. The van der Waals surface area contributed by atoms with E-state index in [1.165, 1.54) is 19.2 Å². The van der Waals surface area contributed by atoms with E-state index in [2.05, 4.69) is 10.6 Å². The van der Waals surface area contributed by atoms with Crippen molar-refractivity contribution in [2.24, 2.45) is 0 Å². The lowest BCUT2D eigenvalue weighted by molar-refractivity contribution is -0.122. The first-order valence-corrected chi connectivity index (χ1v) is 6.18. The number of amides is 1. The number of hydrogen-bond acceptors (Lipinski definition) is 3. The van der Waals surface area contributed by atoms with Gasteiger partial charge in [-0.25, -0.2) is 4.39 Å². The van der Waals surface area contributed by atoms with Crippen molar-refractivity contribution in [2.75, 3.05) is 13.7 Å². The van der Waals surface area contributed by atoms with Crippen molar-refractivity contribution in [2.45, 2.75) is 32.9 Å². The number of benzene rings is 1.